The van der Waals surface area contributed by atoms with Gasteiger partial charge in [-0.25, -0.2) is 0 Å². The first-order valence-corrected chi connectivity index (χ1v) is 9.73. The molecule has 150 valence electrons. The Balaban J connectivity index is 1.61. The summed E-state index contributed by atoms with van der Waals surface area (Å²) in [6.07, 6.45) is 1.79. The Labute approximate surface area is 176 Å². The Morgan fingerprint density at radius 3 is 2.37 bits per heavy atom. The fourth-order valence-electron chi connectivity index (χ4n) is 3.53. The Bertz CT molecular complexity index is 1170. The number of benzene rings is 2. The fourth-order valence-corrected chi connectivity index (χ4v) is 3.53. The van der Waals surface area contributed by atoms with Crippen LogP contribution in [0.2, 0.25) is 0 Å². The molecule has 30 heavy (non-hydrogen) atoms. The number of carbonyl (C=O) groups excluding carboxylic acids is 1. The summed E-state index contributed by atoms with van der Waals surface area (Å²) in [4.78, 5) is 17.2. The summed E-state index contributed by atoms with van der Waals surface area (Å²) in [6.45, 7) is 4.16. The van der Waals surface area contributed by atoms with E-state index in [9.17, 15) is 4.79 Å². The Morgan fingerprint density at radius 2 is 1.67 bits per heavy atom. The lowest BCUT2D eigenvalue weighted by atomic mass is 10.1. The molecule has 0 saturated heterocycles. The van der Waals surface area contributed by atoms with Crippen molar-refractivity contribution in [2.75, 3.05) is 12.4 Å². The van der Waals surface area contributed by atoms with Gasteiger partial charge in [0.1, 0.15) is 5.75 Å². The van der Waals surface area contributed by atoms with Gasteiger partial charge in [-0.3, -0.25) is 9.78 Å². The second-order valence-corrected chi connectivity index (χ2v) is 7.09. The highest BCUT2D eigenvalue weighted by Crippen LogP contribution is 2.27. The number of amides is 1. The summed E-state index contributed by atoms with van der Waals surface area (Å²) in [7, 11) is 1.60. The maximum atomic E-state index is 12.6. The molecule has 0 aliphatic heterocycles. The van der Waals surface area contributed by atoms with Crippen LogP contribution in [0.3, 0.4) is 0 Å². The van der Waals surface area contributed by atoms with Crippen LogP contribution in [-0.4, -0.2) is 22.6 Å². The van der Waals surface area contributed by atoms with Crippen molar-refractivity contribution in [1.82, 2.24) is 9.55 Å². The minimum absolute atomic E-state index is 0.173. The predicted octanol–water partition coefficient (Wildman–Crippen LogP) is 5.42. The smallest absolute Gasteiger partial charge is 0.255 e. The normalized spacial score (nSPS) is 10.6. The van der Waals surface area contributed by atoms with Crippen LogP contribution in [0.5, 0.6) is 5.75 Å². The summed E-state index contributed by atoms with van der Waals surface area (Å²) >= 11 is 0. The van der Waals surface area contributed by atoms with Crippen molar-refractivity contribution in [3.63, 3.8) is 0 Å². The highest BCUT2D eigenvalue weighted by molar-refractivity contribution is 6.04. The van der Waals surface area contributed by atoms with E-state index >= 15 is 0 Å². The number of rotatable bonds is 5. The summed E-state index contributed by atoms with van der Waals surface area (Å²) in [5.41, 5.74) is 6.41. The van der Waals surface area contributed by atoms with Crippen molar-refractivity contribution in [2.24, 2.45) is 0 Å². The molecular weight excluding hydrogens is 374 g/mol. The molecule has 1 amide bonds. The number of ether oxygens (including phenoxy) is 1. The third-order valence-electron chi connectivity index (χ3n) is 5.05. The van der Waals surface area contributed by atoms with Gasteiger partial charge in [0.25, 0.3) is 5.91 Å². The number of pyridine rings is 1. The Hall–Kier alpha value is -3.86. The molecule has 0 saturated carbocycles. The van der Waals surface area contributed by atoms with Crippen LogP contribution in [-0.2, 0) is 0 Å². The van der Waals surface area contributed by atoms with E-state index in [1.165, 1.54) is 0 Å². The average molecular weight is 397 g/mol. The molecule has 4 rings (SSSR count). The quantitative estimate of drug-likeness (QED) is 0.489. The number of hydrogen-bond acceptors (Lipinski definition) is 3. The van der Waals surface area contributed by atoms with E-state index in [-0.39, 0.29) is 5.91 Å². The van der Waals surface area contributed by atoms with E-state index in [1.54, 1.807) is 19.4 Å². The predicted molar refractivity (Wildman–Crippen MR) is 119 cm³/mol. The van der Waals surface area contributed by atoms with Gasteiger partial charge in [-0.15, -0.1) is 0 Å². The van der Waals surface area contributed by atoms with Crippen LogP contribution in [0.25, 0.3) is 16.9 Å². The molecule has 2 aromatic carbocycles. The monoisotopic (exact) mass is 397 g/mol. The van der Waals surface area contributed by atoms with Crippen molar-refractivity contribution >= 4 is 11.6 Å². The highest BCUT2D eigenvalue weighted by atomic mass is 16.5. The zero-order valence-electron chi connectivity index (χ0n) is 17.2. The molecule has 0 atom stereocenters. The van der Waals surface area contributed by atoms with Gasteiger partial charge >= 0.3 is 0 Å². The minimum Gasteiger partial charge on any atom is -0.497 e. The minimum atomic E-state index is -0.173. The van der Waals surface area contributed by atoms with Crippen molar-refractivity contribution in [1.29, 1.82) is 0 Å². The van der Waals surface area contributed by atoms with Gasteiger partial charge in [-0.2, -0.15) is 0 Å². The number of nitrogens with one attached hydrogen (secondary N) is 1. The van der Waals surface area contributed by atoms with E-state index in [0.29, 0.717) is 17.0 Å². The molecule has 0 bridgehead atoms. The average Bonchev–Trinajstić information content (AvgIpc) is 3.11. The first kappa shape index (κ1) is 19.5. The molecule has 0 aliphatic rings. The summed E-state index contributed by atoms with van der Waals surface area (Å²) in [5.74, 6) is 0.523. The number of carbonyl (C=O) groups is 1. The molecule has 0 radical (unpaired) electrons. The van der Waals surface area contributed by atoms with E-state index in [0.717, 1.165) is 28.3 Å². The van der Waals surface area contributed by atoms with Crippen LogP contribution in [0.15, 0.2) is 79.0 Å². The first-order valence-electron chi connectivity index (χ1n) is 9.73. The standard InChI is InChI=1S/C25H23N3O2/c1-17-9-10-18(2)28(17)23-8-5-15-26-24(23)19-11-13-20(14-12-19)25(29)27-21-6-4-7-22(16-21)30-3/h4-16H,1-3H3,(H,27,29). The van der Waals surface area contributed by atoms with E-state index < -0.39 is 0 Å². The molecule has 1 N–H and O–H groups in total. The lowest BCUT2D eigenvalue weighted by Gasteiger charge is -2.14. The van der Waals surface area contributed by atoms with Gasteiger partial charge in [0, 0.05) is 40.5 Å². The molecule has 0 aliphatic carbocycles. The molecule has 2 heterocycles. The Kier molecular flexibility index (Phi) is 5.35. The van der Waals surface area contributed by atoms with Gasteiger partial charge in [0.2, 0.25) is 0 Å². The van der Waals surface area contributed by atoms with E-state index in [1.807, 2.05) is 48.5 Å². The molecule has 2 aromatic heterocycles. The lowest BCUT2D eigenvalue weighted by Crippen LogP contribution is -2.11. The zero-order valence-corrected chi connectivity index (χ0v) is 17.2. The highest BCUT2D eigenvalue weighted by Gasteiger charge is 2.13. The zero-order chi connectivity index (χ0) is 21.1. The molecule has 0 unspecified atom stereocenters. The third kappa shape index (κ3) is 3.82. The second-order valence-electron chi connectivity index (χ2n) is 7.09. The SMILES string of the molecule is COc1cccc(NC(=O)c2ccc(-c3ncccc3-n3c(C)ccc3C)cc2)c1. The van der Waals surface area contributed by atoms with Gasteiger partial charge in [-0.05, 0) is 62.4 Å². The molecule has 4 aromatic rings. The number of aromatic nitrogens is 2. The summed E-state index contributed by atoms with van der Waals surface area (Å²) in [6, 6.07) is 23.0. The molecule has 5 heteroatoms. The molecule has 5 nitrogen and oxygen atoms in total. The van der Waals surface area contributed by atoms with E-state index in [4.69, 9.17) is 4.74 Å². The van der Waals surface area contributed by atoms with Crippen LogP contribution < -0.4 is 10.1 Å². The van der Waals surface area contributed by atoms with Gasteiger partial charge in [-0.1, -0.05) is 18.2 Å². The number of nitrogens with zero attached hydrogens (tertiary/aromatic N) is 2. The van der Waals surface area contributed by atoms with Crippen LogP contribution in [0.1, 0.15) is 21.7 Å². The summed E-state index contributed by atoms with van der Waals surface area (Å²) < 4.78 is 7.39. The maximum absolute atomic E-state index is 12.6. The number of anilines is 1. The third-order valence-corrected chi connectivity index (χ3v) is 5.05. The van der Waals surface area contributed by atoms with Crippen molar-refractivity contribution < 1.29 is 9.53 Å². The van der Waals surface area contributed by atoms with Gasteiger partial charge in [0.15, 0.2) is 0 Å². The van der Waals surface area contributed by atoms with Crippen molar-refractivity contribution in [3.05, 3.63) is 95.9 Å². The maximum Gasteiger partial charge on any atom is 0.255 e. The van der Waals surface area contributed by atoms with Crippen molar-refractivity contribution in [2.45, 2.75) is 13.8 Å². The first-order chi connectivity index (χ1) is 14.6. The van der Waals surface area contributed by atoms with Gasteiger partial charge < -0.3 is 14.6 Å². The fraction of sp³-hybridized carbons (Fsp3) is 0.120. The van der Waals surface area contributed by atoms with Crippen molar-refractivity contribution in [3.8, 4) is 22.7 Å². The van der Waals surface area contributed by atoms with Crippen LogP contribution in [0, 0.1) is 13.8 Å². The molecule has 0 fully saturated rings. The second kappa shape index (κ2) is 8.25. The van der Waals surface area contributed by atoms with Crippen LogP contribution >= 0.6 is 0 Å². The molecule has 0 spiro atoms. The number of hydrogen-bond donors (Lipinski definition) is 1. The van der Waals surface area contributed by atoms with Crippen LogP contribution in [0.4, 0.5) is 5.69 Å². The lowest BCUT2D eigenvalue weighted by molar-refractivity contribution is 0.102. The largest absolute Gasteiger partial charge is 0.497 e. The Morgan fingerprint density at radius 1 is 0.933 bits per heavy atom. The number of methoxy groups -OCH3 is 1. The van der Waals surface area contributed by atoms with E-state index in [2.05, 4.69) is 46.9 Å². The molecular formula is C25H23N3O2. The summed E-state index contributed by atoms with van der Waals surface area (Å²) in [5, 5.41) is 2.90. The van der Waals surface area contributed by atoms with Gasteiger partial charge in [0.05, 0.1) is 18.5 Å². The topological polar surface area (TPSA) is 56.1 Å². The number of aryl methyl sites for hydroxylation is 2.